The van der Waals surface area contributed by atoms with E-state index in [-0.39, 0.29) is 0 Å². The fraction of sp³-hybridized carbons (Fsp3) is 1.00. The first-order valence-electron chi connectivity index (χ1n) is 4.56. The van der Waals surface area contributed by atoms with Crippen molar-refractivity contribution in [3.8, 4) is 0 Å². The molecular formula is C9H19N. The third-order valence-corrected chi connectivity index (χ3v) is 2.39. The summed E-state index contributed by atoms with van der Waals surface area (Å²) in [5.74, 6) is 0.956. The molecule has 1 saturated heterocycles. The molecule has 10 heavy (non-hydrogen) atoms. The molecule has 0 unspecified atom stereocenters. The number of nitrogens with one attached hydrogen (secondary N) is 1. The van der Waals surface area contributed by atoms with Gasteiger partial charge in [0.15, 0.2) is 0 Å². The molecule has 1 fully saturated rings. The third-order valence-electron chi connectivity index (χ3n) is 2.39. The summed E-state index contributed by atoms with van der Waals surface area (Å²) < 4.78 is 0. The molecule has 60 valence electrons. The van der Waals surface area contributed by atoms with E-state index in [0.717, 1.165) is 12.0 Å². The highest BCUT2D eigenvalue weighted by atomic mass is 14.9. The van der Waals surface area contributed by atoms with Crippen molar-refractivity contribution in [2.24, 2.45) is 5.92 Å². The molecule has 0 aromatic rings. The minimum Gasteiger partial charge on any atom is -0.314 e. The van der Waals surface area contributed by atoms with Crippen LogP contribution in [0.1, 0.15) is 39.5 Å². The van der Waals surface area contributed by atoms with Crippen molar-refractivity contribution in [3.05, 3.63) is 0 Å². The van der Waals surface area contributed by atoms with Gasteiger partial charge in [0.1, 0.15) is 0 Å². The molecule has 0 aliphatic carbocycles. The van der Waals surface area contributed by atoms with Crippen molar-refractivity contribution >= 4 is 0 Å². The molecule has 1 aliphatic heterocycles. The predicted octanol–water partition coefficient (Wildman–Crippen LogP) is 2.17. The first kappa shape index (κ1) is 8.06. The van der Waals surface area contributed by atoms with Crippen LogP contribution in [0.3, 0.4) is 0 Å². The van der Waals surface area contributed by atoms with E-state index in [4.69, 9.17) is 0 Å². The summed E-state index contributed by atoms with van der Waals surface area (Å²) in [6, 6.07) is 0.828. The molecule has 2 atom stereocenters. The Morgan fingerprint density at radius 1 is 1.50 bits per heavy atom. The average molecular weight is 141 g/mol. The van der Waals surface area contributed by atoms with Gasteiger partial charge < -0.3 is 5.32 Å². The number of rotatable bonds is 2. The second-order valence-electron chi connectivity index (χ2n) is 3.57. The molecule has 1 heteroatoms. The molecule has 0 bridgehead atoms. The lowest BCUT2D eigenvalue weighted by Crippen LogP contribution is -2.37. The minimum absolute atomic E-state index is 0.828. The molecule has 1 aliphatic rings. The molecule has 0 amide bonds. The van der Waals surface area contributed by atoms with Gasteiger partial charge in [0.2, 0.25) is 0 Å². The Bertz CT molecular complexity index is 88.7. The van der Waals surface area contributed by atoms with Crippen LogP contribution >= 0.6 is 0 Å². The normalized spacial score (nSPS) is 34.2. The summed E-state index contributed by atoms with van der Waals surface area (Å²) in [5, 5.41) is 3.55. The van der Waals surface area contributed by atoms with Gasteiger partial charge in [0, 0.05) is 6.04 Å². The van der Waals surface area contributed by atoms with Crippen molar-refractivity contribution < 1.29 is 0 Å². The second kappa shape index (κ2) is 3.97. The van der Waals surface area contributed by atoms with Gasteiger partial charge in [-0.3, -0.25) is 0 Å². The van der Waals surface area contributed by atoms with Crippen LogP contribution in [0.15, 0.2) is 0 Å². The van der Waals surface area contributed by atoms with Crippen LogP contribution in [-0.4, -0.2) is 12.6 Å². The predicted molar refractivity (Wildman–Crippen MR) is 45.1 cm³/mol. The monoisotopic (exact) mass is 141 g/mol. The maximum Gasteiger partial charge on any atom is 0.00695 e. The van der Waals surface area contributed by atoms with Gasteiger partial charge in [0.25, 0.3) is 0 Å². The maximum absolute atomic E-state index is 3.55. The smallest absolute Gasteiger partial charge is 0.00695 e. The summed E-state index contributed by atoms with van der Waals surface area (Å²) in [7, 11) is 0. The summed E-state index contributed by atoms with van der Waals surface area (Å²) in [5.41, 5.74) is 0. The summed E-state index contributed by atoms with van der Waals surface area (Å²) in [6.07, 6.45) is 5.46. The van der Waals surface area contributed by atoms with Crippen LogP contribution in [-0.2, 0) is 0 Å². The van der Waals surface area contributed by atoms with Crippen molar-refractivity contribution in [3.63, 3.8) is 0 Å². The zero-order chi connectivity index (χ0) is 7.40. The van der Waals surface area contributed by atoms with Crippen LogP contribution in [0.4, 0.5) is 0 Å². The lowest BCUT2D eigenvalue weighted by Gasteiger charge is -2.27. The Kier molecular flexibility index (Phi) is 3.20. The Hall–Kier alpha value is -0.0400. The van der Waals surface area contributed by atoms with Gasteiger partial charge in [-0.05, 0) is 31.7 Å². The third kappa shape index (κ3) is 2.30. The van der Waals surface area contributed by atoms with Crippen LogP contribution in [0.2, 0.25) is 0 Å². The zero-order valence-electron chi connectivity index (χ0n) is 7.19. The van der Waals surface area contributed by atoms with E-state index >= 15 is 0 Å². The van der Waals surface area contributed by atoms with E-state index in [1.165, 1.54) is 32.2 Å². The van der Waals surface area contributed by atoms with Gasteiger partial charge in [-0.2, -0.15) is 0 Å². The van der Waals surface area contributed by atoms with Crippen LogP contribution in [0.5, 0.6) is 0 Å². The second-order valence-corrected chi connectivity index (χ2v) is 3.57. The van der Waals surface area contributed by atoms with Crippen LogP contribution < -0.4 is 5.32 Å². The minimum atomic E-state index is 0.828. The van der Waals surface area contributed by atoms with Gasteiger partial charge in [-0.15, -0.1) is 0 Å². The van der Waals surface area contributed by atoms with E-state index in [9.17, 15) is 0 Å². The molecule has 1 N–H and O–H groups in total. The van der Waals surface area contributed by atoms with Crippen molar-refractivity contribution in [1.82, 2.24) is 5.32 Å². The molecule has 1 nitrogen and oxygen atoms in total. The van der Waals surface area contributed by atoms with E-state index in [0.29, 0.717) is 0 Å². The lowest BCUT2D eigenvalue weighted by atomic mass is 9.92. The molecule has 0 radical (unpaired) electrons. The Morgan fingerprint density at radius 2 is 2.30 bits per heavy atom. The molecule has 0 aromatic carbocycles. The van der Waals surface area contributed by atoms with E-state index in [2.05, 4.69) is 19.2 Å². The van der Waals surface area contributed by atoms with E-state index in [1.807, 2.05) is 0 Å². The van der Waals surface area contributed by atoms with Crippen molar-refractivity contribution in [2.45, 2.75) is 45.6 Å². The van der Waals surface area contributed by atoms with Crippen LogP contribution in [0.25, 0.3) is 0 Å². The molecule has 1 heterocycles. The molecule has 0 aromatic heterocycles. The molecule has 0 spiro atoms. The highest BCUT2D eigenvalue weighted by molar-refractivity contribution is 4.75. The summed E-state index contributed by atoms with van der Waals surface area (Å²) >= 11 is 0. The van der Waals surface area contributed by atoms with Gasteiger partial charge in [-0.25, -0.2) is 0 Å². The summed E-state index contributed by atoms with van der Waals surface area (Å²) in [6.45, 7) is 5.87. The fourth-order valence-electron chi connectivity index (χ4n) is 1.79. The van der Waals surface area contributed by atoms with Crippen LogP contribution in [0, 0.1) is 5.92 Å². The highest BCUT2D eigenvalue weighted by Crippen LogP contribution is 2.17. The first-order valence-corrected chi connectivity index (χ1v) is 4.56. The average Bonchev–Trinajstić information content (AvgIpc) is 1.88. The maximum atomic E-state index is 3.55. The number of piperidine rings is 1. The Labute approximate surface area is 64.2 Å². The standard InChI is InChI=1S/C9H19N/c1-3-4-9-7-8(2)5-6-10-9/h8-10H,3-7H2,1-2H3/t8-,9-/m1/s1. The van der Waals surface area contributed by atoms with Gasteiger partial charge in [0.05, 0.1) is 0 Å². The van der Waals surface area contributed by atoms with E-state index in [1.54, 1.807) is 0 Å². The highest BCUT2D eigenvalue weighted by Gasteiger charge is 2.16. The van der Waals surface area contributed by atoms with E-state index < -0.39 is 0 Å². The topological polar surface area (TPSA) is 12.0 Å². The summed E-state index contributed by atoms with van der Waals surface area (Å²) in [4.78, 5) is 0. The van der Waals surface area contributed by atoms with Crippen molar-refractivity contribution in [1.29, 1.82) is 0 Å². The Balaban J connectivity index is 2.18. The fourth-order valence-corrected chi connectivity index (χ4v) is 1.79. The number of hydrogen-bond acceptors (Lipinski definition) is 1. The van der Waals surface area contributed by atoms with Gasteiger partial charge in [-0.1, -0.05) is 20.3 Å². The molecular weight excluding hydrogens is 122 g/mol. The molecule has 1 rings (SSSR count). The lowest BCUT2D eigenvalue weighted by molar-refractivity contribution is 0.306. The SMILES string of the molecule is CCC[C@@H]1C[C@H](C)CCN1. The number of hydrogen-bond donors (Lipinski definition) is 1. The van der Waals surface area contributed by atoms with Gasteiger partial charge >= 0.3 is 0 Å². The molecule has 0 saturated carbocycles. The zero-order valence-corrected chi connectivity index (χ0v) is 7.19. The first-order chi connectivity index (χ1) is 4.83. The Morgan fingerprint density at radius 3 is 2.90 bits per heavy atom. The largest absolute Gasteiger partial charge is 0.314 e. The van der Waals surface area contributed by atoms with Crippen molar-refractivity contribution in [2.75, 3.05) is 6.54 Å². The quantitative estimate of drug-likeness (QED) is 0.621.